The van der Waals surface area contributed by atoms with Gasteiger partial charge in [-0.2, -0.15) is 5.10 Å². The van der Waals surface area contributed by atoms with Crippen LogP contribution < -0.4 is 9.64 Å². The number of benzene rings is 1. The van der Waals surface area contributed by atoms with Gasteiger partial charge in [-0.15, -0.1) is 0 Å². The van der Waals surface area contributed by atoms with E-state index in [9.17, 15) is 14.5 Å². The van der Waals surface area contributed by atoms with Crippen molar-refractivity contribution in [3.8, 4) is 5.75 Å². The van der Waals surface area contributed by atoms with Crippen molar-refractivity contribution in [1.82, 2.24) is 14.6 Å². The average Bonchev–Trinajstić information content (AvgIpc) is 3.03. The van der Waals surface area contributed by atoms with E-state index in [1.165, 1.54) is 23.8 Å². The second kappa shape index (κ2) is 6.34. The van der Waals surface area contributed by atoms with Gasteiger partial charge in [0, 0.05) is 18.8 Å². The number of rotatable bonds is 5. The van der Waals surface area contributed by atoms with Gasteiger partial charge in [0.25, 0.3) is 0 Å². The first-order valence-electron chi connectivity index (χ1n) is 7.47. The largest absolute Gasteiger partial charge is 0.496 e. The van der Waals surface area contributed by atoms with Crippen LogP contribution in [0.3, 0.4) is 0 Å². The van der Waals surface area contributed by atoms with Gasteiger partial charge in [-0.25, -0.2) is 13.9 Å². The zero-order valence-electron chi connectivity index (χ0n) is 13.9. The van der Waals surface area contributed by atoms with Crippen molar-refractivity contribution in [2.24, 2.45) is 0 Å². The quantitative estimate of drug-likeness (QED) is 0.522. The van der Waals surface area contributed by atoms with Gasteiger partial charge < -0.3 is 9.64 Å². The monoisotopic (exact) mass is 345 g/mol. The molecule has 9 heteroatoms. The summed E-state index contributed by atoms with van der Waals surface area (Å²) in [5, 5.41) is 15.0. The Morgan fingerprint density at radius 3 is 2.84 bits per heavy atom. The number of ether oxygens (including phenoxy) is 1. The lowest BCUT2D eigenvalue weighted by atomic mass is 10.1. The third-order valence-corrected chi connectivity index (χ3v) is 4.12. The molecule has 130 valence electrons. The molecule has 0 aliphatic heterocycles. The smallest absolute Gasteiger partial charge is 0.333 e. The molecule has 0 saturated heterocycles. The average molecular weight is 345 g/mol. The summed E-state index contributed by atoms with van der Waals surface area (Å²) < 4.78 is 20.3. The maximum Gasteiger partial charge on any atom is 0.333 e. The second-order valence-electron chi connectivity index (χ2n) is 5.51. The molecule has 2 heterocycles. The molecule has 1 atom stereocenters. The van der Waals surface area contributed by atoms with E-state index in [1.54, 1.807) is 30.3 Å². The zero-order chi connectivity index (χ0) is 18.1. The molecule has 8 nitrogen and oxygen atoms in total. The Labute approximate surface area is 142 Å². The minimum atomic E-state index is -0.530. The lowest BCUT2D eigenvalue weighted by molar-refractivity contribution is -0.383. The number of nitrogens with zero attached hydrogens (tertiary/aromatic N) is 5. The standard InChI is InChI=1S/C16H16FN5O3/c1-10(12-8-11(17)4-5-14(12)25-3)20(2)15-6-7-21-16(19-15)13(9-18-21)22(23)24/h4-10H,1-3H3/t10-/m1/s1. The van der Waals surface area contributed by atoms with Crippen LogP contribution in [0.5, 0.6) is 5.75 Å². The molecule has 0 amide bonds. The molecule has 2 aromatic heterocycles. The number of halogens is 1. The molecule has 0 aliphatic carbocycles. The first-order valence-corrected chi connectivity index (χ1v) is 7.47. The summed E-state index contributed by atoms with van der Waals surface area (Å²) in [6.45, 7) is 1.87. The van der Waals surface area contributed by atoms with Gasteiger partial charge in [-0.05, 0) is 31.2 Å². The lowest BCUT2D eigenvalue weighted by Crippen LogP contribution is -2.23. The van der Waals surface area contributed by atoms with E-state index >= 15 is 0 Å². The summed E-state index contributed by atoms with van der Waals surface area (Å²) in [6, 6.07) is 5.71. The molecular formula is C16H16FN5O3. The molecule has 0 radical (unpaired) electrons. The van der Waals surface area contributed by atoms with Crippen LogP contribution in [-0.4, -0.2) is 33.7 Å². The summed E-state index contributed by atoms with van der Waals surface area (Å²) >= 11 is 0. The fourth-order valence-corrected chi connectivity index (χ4v) is 2.61. The molecule has 3 aromatic rings. The van der Waals surface area contributed by atoms with E-state index in [-0.39, 0.29) is 23.2 Å². The van der Waals surface area contributed by atoms with E-state index in [2.05, 4.69) is 10.1 Å². The SMILES string of the molecule is COc1ccc(F)cc1[C@@H](C)N(C)c1ccn2ncc([N+](=O)[O-])c2n1. The molecular weight excluding hydrogens is 329 g/mol. The van der Waals surface area contributed by atoms with Crippen LogP contribution in [0.4, 0.5) is 15.9 Å². The number of nitro groups is 1. The van der Waals surface area contributed by atoms with E-state index in [0.717, 1.165) is 6.20 Å². The summed E-state index contributed by atoms with van der Waals surface area (Å²) in [4.78, 5) is 16.7. The van der Waals surface area contributed by atoms with Crippen molar-refractivity contribution in [3.63, 3.8) is 0 Å². The molecule has 0 saturated carbocycles. The molecule has 3 rings (SSSR count). The number of methoxy groups -OCH3 is 1. The van der Waals surface area contributed by atoms with Crippen molar-refractivity contribution in [3.05, 3.63) is 58.2 Å². The molecule has 0 unspecified atom stereocenters. The fourth-order valence-electron chi connectivity index (χ4n) is 2.61. The third kappa shape index (κ3) is 2.95. The Morgan fingerprint density at radius 1 is 1.40 bits per heavy atom. The van der Waals surface area contributed by atoms with Crippen LogP contribution in [0.25, 0.3) is 5.65 Å². The predicted octanol–water partition coefficient (Wildman–Crippen LogP) is 2.98. The van der Waals surface area contributed by atoms with Crippen molar-refractivity contribution in [2.75, 3.05) is 19.1 Å². The Balaban J connectivity index is 2.01. The number of hydrogen-bond acceptors (Lipinski definition) is 6. The van der Waals surface area contributed by atoms with Crippen LogP contribution in [0.15, 0.2) is 36.7 Å². The van der Waals surface area contributed by atoms with Gasteiger partial charge in [0.05, 0.1) is 18.1 Å². The summed E-state index contributed by atoms with van der Waals surface area (Å²) in [5.41, 5.74) is 0.619. The molecule has 0 bridgehead atoms. The predicted molar refractivity (Wildman–Crippen MR) is 89.4 cm³/mol. The highest BCUT2D eigenvalue weighted by Gasteiger charge is 2.21. The van der Waals surface area contributed by atoms with E-state index in [1.807, 2.05) is 6.92 Å². The highest BCUT2D eigenvalue weighted by molar-refractivity contribution is 5.61. The van der Waals surface area contributed by atoms with Gasteiger partial charge in [-0.1, -0.05) is 0 Å². The Hall–Kier alpha value is -3.23. The molecule has 0 aliphatic rings. The maximum atomic E-state index is 13.6. The van der Waals surface area contributed by atoms with Crippen molar-refractivity contribution < 1.29 is 14.1 Å². The lowest BCUT2D eigenvalue weighted by Gasteiger charge is -2.27. The van der Waals surface area contributed by atoms with E-state index in [0.29, 0.717) is 17.1 Å². The fraction of sp³-hybridized carbons (Fsp3) is 0.250. The summed E-state index contributed by atoms with van der Waals surface area (Å²) in [5.74, 6) is 0.679. The van der Waals surface area contributed by atoms with Crippen LogP contribution in [0.1, 0.15) is 18.5 Å². The molecule has 25 heavy (non-hydrogen) atoms. The highest BCUT2D eigenvalue weighted by atomic mass is 19.1. The number of hydrogen-bond donors (Lipinski definition) is 0. The van der Waals surface area contributed by atoms with Gasteiger partial charge >= 0.3 is 5.69 Å². The topological polar surface area (TPSA) is 85.8 Å². The Morgan fingerprint density at radius 2 is 2.16 bits per heavy atom. The number of anilines is 1. The first kappa shape index (κ1) is 16.6. The Kier molecular flexibility index (Phi) is 4.22. The highest BCUT2D eigenvalue weighted by Crippen LogP contribution is 2.32. The van der Waals surface area contributed by atoms with Crippen LogP contribution >= 0.6 is 0 Å². The minimum Gasteiger partial charge on any atom is -0.496 e. The normalized spacial score (nSPS) is 12.2. The Bertz CT molecular complexity index is 943. The molecule has 0 N–H and O–H groups in total. The van der Waals surface area contributed by atoms with Gasteiger partial charge in [0.15, 0.2) is 0 Å². The molecule has 0 fully saturated rings. The first-order chi connectivity index (χ1) is 11.9. The van der Waals surface area contributed by atoms with Crippen molar-refractivity contribution in [2.45, 2.75) is 13.0 Å². The van der Waals surface area contributed by atoms with E-state index < -0.39 is 4.92 Å². The maximum absolute atomic E-state index is 13.6. The van der Waals surface area contributed by atoms with Gasteiger partial charge in [0.2, 0.25) is 5.65 Å². The molecule has 0 spiro atoms. The minimum absolute atomic E-state index is 0.146. The van der Waals surface area contributed by atoms with Gasteiger partial charge in [-0.3, -0.25) is 10.1 Å². The van der Waals surface area contributed by atoms with Crippen molar-refractivity contribution >= 4 is 17.2 Å². The van der Waals surface area contributed by atoms with Crippen molar-refractivity contribution in [1.29, 1.82) is 0 Å². The zero-order valence-corrected chi connectivity index (χ0v) is 13.9. The number of fused-ring (bicyclic) bond motifs is 1. The van der Waals surface area contributed by atoms with Crippen LogP contribution in [0.2, 0.25) is 0 Å². The third-order valence-electron chi connectivity index (χ3n) is 4.12. The second-order valence-corrected chi connectivity index (χ2v) is 5.51. The van der Waals surface area contributed by atoms with Crippen LogP contribution in [0, 0.1) is 15.9 Å². The number of aromatic nitrogens is 3. The van der Waals surface area contributed by atoms with Crippen LogP contribution in [-0.2, 0) is 0 Å². The summed E-state index contributed by atoms with van der Waals surface area (Å²) in [6.07, 6.45) is 2.75. The summed E-state index contributed by atoms with van der Waals surface area (Å²) in [7, 11) is 3.29. The van der Waals surface area contributed by atoms with E-state index in [4.69, 9.17) is 4.74 Å². The molecule has 1 aromatic carbocycles. The van der Waals surface area contributed by atoms with Gasteiger partial charge in [0.1, 0.15) is 23.6 Å².